The van der Waals surface area contributed by atoms with Gasteiger partial charge < -0.3 is 15.4 Å². The minimum atomic E-state index is -0.610. The number of likely N-dealkylation sites (N-methyl/N-ethyl adjacent to an activating group) is 1. The van der Waals surface area contributed by atoms with Gasteiger partial charge in [-0.25, -0.2) is 4.79 Å². The van der Waals surface area contributed by atoms with E-state index in [4.69, 9.17) is 5.73 Å². The van der Waals surface area contributed by atoms with Crippen molar-refractivity contribution in [3.05, 3.63) is 11.9 Å². The minimum Gasteiger partial charge on any atom is -0.464 e. The zero-order valence-corrected chi connectivity index (χ0v) is 10.8. The monoisotopic (exact) mass is 254 g/mol. The van der Waals surface area contributed by atoms with Crippen LogP contribution < -0.4 is 5.73 Å². The van der Waals surface area contributed by atoms with E-state index in [0.717, 1.165) is 0 Å². The third-order valence-electron chi connectivity index (χ3n) is 2.58. The van der Waals surface area contributed by atoms with E-state index in [9.17, 15) is 9.59 Å². The Morgan fingerprint density at radius 3 is 2.56 bits per heavy atom. The molecule has 0 aromatic carbocycles. The molecule has 7 heteroatoms. The van der Waals surface area contributed by atoms with Gasteiger partial charge in [0, 0.05) is 19.3 Å². The molecule has 2 N–H and O–H groups in total. The summed E-state index contributed by atoms with van der Waals surface area (Å²) >= 11 is 0. The summed E-state index contributed by atoms with van der Waals surface area (Å²) in [6.45, 7) is 5.13. The molecule has 1 rings (SSSR count). The van der Waals surface area contributed by atoms with Crippen molar-refractivity contribution in [2.45, 2.75) is 20.4 Å². The van der Waals surface area contributed by atoms with Crippen LogP contribution in [0.25, 0.3) is 0 Å². The summed E-state index contributed by atoms with van der Waals surface area (Å²) < 4.78 is 5.88. The maximum Gasteiger partial charge on any atom is 0.360 e. The molecule has 0 radical (unpaired) electrons. The third-order valence-corrected chi connectivity index (χ3v) is 2.58. The van der Waals surface area contributed by atoms with Crippen LogP contribution in [0, 0.1) is 0 Å². The van der Waals surface area contributed by atoms with Gasteiger partial charge in [0.15, 0.2) is 5.69 Å². The van der Waals surface area contributed by atoms with Gasteiger partial charge in [0.2, 0.25) is 5.91 Å². The zero-order chi connectivity index (χ0) is 13.7. The van der Waals surface area contributed by atoms with E-state index in [1.807, 2.05) is 13.8 Å². The van der Waals surface area contributed by atoms with Gasteiger partial charge in [-0.05, 0) is 13.8 Å². The molecule has 0 saturated carbocycles. The van der Waals surface area contributed by atoms with Crippen LogP contribution in [0.4, 0.5) is 5.69 Å². The Labute approximate surface area is 105 Å². The molecule has 0 bridgehead atoms. The number of carbonyl (C=O) groups excluding carboxylic acids is 2. The van der Waals surface area contributed by atoms with Crippen LogP contribution in [0.15, 0.2) is 6.20 Å². The van der Waals surface area contributed by atoms with Gasteiger partial charge in [-0.15, -0.1) is 0 Å². The van der Waals surface area contributed by atoms with Crippen molar-refractivity contribution in [3.63, 3.8) is 0 Å². The summed E-state index contributed by atoms with van der Waals surface area (Å²) in [5, 5.41) is 3.94. The lowest BCUT2D eigenvalue weighted by Crippen LogP contribution is -2.33. The topological polar surface area (TPSA) is 90.5 Å². The number of methoxy groups -OCH3 is 1. The number of anilines is 1. The van der Waals surface area contributed by atoms with Gasteiger partial charge in [-0.2, -0.15) is 5.10 Å². The Bertz CT molecular complexity index is 437. The molecular weight excluding hydrogens is 236 g/mol. The first kappa shape index (κ1) is 14.0. The van der Waals surface area contributed by atoms with Gasteiger partial charge in [-0.3, -0.25) is 9.48 Å². The van der Waals surface area contributed by atoms with Gasteiger partial charge in [0.1, 0.15) is 6.54 Å². The first-order chi connectivity index (χ1) is 8.53. The molecular formula is C11H18N4O3. The number of ether oxygens (including phenoxy) is 1. The molecule has 1 aromatic rings. The van der Waals surface area contributed by atoms with E-state index in [0.29, 0.717) is 13.1 Å². The molecule has 18 heavy (non-hydrogen) atoms. The summed E-state index contributed by atoms with van der Waals surface area (Å²) in [5.41, 5.74) is 5.86. The van der Waals surface area contributed by atoms with Crippen LogP contribution in [0.2, 0.25) is 0 Å². The predicted molar refractivity (Wildman–Crippen MR) is 65.9 cm³/mol. The molecule has 0 atom stereocenters. The highest BCUT2D eigenvalue weighted by atomic mass is 16.5. The highest BCUT2D eigenvalue weighted by Crippen LogP contribution is 2.10. The van der Waals surface area contributed by atoms with Gasteiger partial charge in [0.05, 0.1) is 12.8 Å². The van der Waals surface area contributed by atoms with Crippen LogP contribution in [-0.2, 0) is 16.1 Å². The SMILES string of the molecule is CCN(CC)C(=O)Cn1cc(N)c(C(=O)OC)n1. The first-order valence-corrected chi connectivity index (χ1v) is 5.72. The largest absolute Gasteiger partial charge is 0.464 e. The maximum absolute atomic E-state index is 11.8. The Morgan fingerprint density at radius 1 is 1.44 bits per heavy atom. The van der Waals surface area contributed by atoms with Gasteiger partial charge in [-0.1, -0.05) is 0 Å². The Morgan fingerprint density at radius 2 is 2.06 bits per heavy atom. The minimum absolute atomic E-state index is 0.0323. The number of nitrogen functional groups attached to an aromatic ring is 1. The fourth-order valence-electron chi connectivity index (χ4n) is 1.59. The van der Waals surface area contributed by atoms with Crippen molar-refractivity contribution in [2.75, 3.05) is 25.9 Å². The van der Waals surface area contributed by atoms with Crippen LogP contribution in [0.3, 0.4) is 0 Å². The number of hydrogen-bond donors (Lipinski definition) is 1. The lowest BCUT2D eigenvalue weighted by atomic mass is 10.4. The van der Waals surface area contributed by atoms with Crippen LogP contribution >= 0.6 is 0 Å². The number of nitrogens with two attached hydrogens (primary N) is 1. The second-order valence-corrected chi connectivity index (χ2v) is 3.69. The van der Waals surface area contributed by atoms with E-state index >= 15 is 0 Å². The van der Waals surface area contributed by atoms with Crippen LogP contribution in [-0.4, -0.2) is 46.8 Å². The van der Waals surface area contributed by atoms with Crippen molar-refractivity contribution >= 4 is 17.6 Å². The van der Waals surface area contributed by atoms with Crippen molar-refractivity contribution in [3.8, 4) is 0 Å². The van der Waals surface area contributed by atoms with Crippen LogP contribution in [0.1, 0.15) is 24.3 Å². The summed E-state index contributed by atoms with van der Waals surface area (Å²) in [5.74, 6) is -0.680. The second kappa shape index (κ2) is 6.04. The zero-order valence-electron chi connectivity index (χ0n) is 10.8. The molecule has 1 heterocycles. The normalized spacial score (nSPS) is 10.2. The average molecular weight is 254 g/mol. The second-order valence-electron chi connectivity index (χ2n) is 3.69. The molecule has 0 unspecified atom stereocenters. The van der Waals surface area contributed by atoms with Crippen LogP contribution in [0.5, 0.6) is 0 Å². The fraction of sp³-hybridized carbons (Fsp3) is 0.545. The highest BCUT2D eigenvalue weighted by Gasteiger charge is 2.17. The van der Waals surface area contributed by atoms with E-state index in [1.165, 1.54) is 18.0 Å². The Hall–Kier alpha value is -2.05. The summed E-state index contributed by atoms with van der Waals surface area (Å²) in [6.07, 6.45) is 1.45. The van der Waals surface area contributed by atoms with Crippen molar-refractivity contribution in [1.82, 2.24) is 14.7 Å². The molecule has 0 aliphatic rings. The number of aromatic nitrogens is 2. The summed E-state index contributed by atoms with van der Waals surface area (Å²) in [6, 6.07) is 0. The van der Waals surface area contributed by atoms with Crippen molar-refractivity contribution < 1.29 is 14.3 Å². The van der Waals surface area contributed by atoms with E-state index in [-0.39, 0.29) is 23.8 Å². The fourth-order valence-corrected chi connectivity index (χ4v) is 1.59. The molecule has 0 aliphatic heterocycles. The summed E-state index contributed by atoms with van der Waals surface area (Å²) in [4.78, 5) is 24.8. The molecule has 100 valence electrons. The predicted octanol–water partition coefficient (Wildman–Crippen LogP) is 0.120. The third kappa shape index (κ3) is 2.99. The number of amides is 1. The van der Waals surface area contributed by atoms with E-state index in [2.05, 4.69) is 9.84 Å². The number of carbonyl (C=O) groups is 2. The smallest absolute Gasteiger partial charge is 0.360 e. The van der Waals surface area contributed by atoms with Gasteiger partial charge in [0.25, 0.3) is 0 Å². The van der Waals surface area contributed by atoms with Gasteiger partial charge >= 0.3 is 5.97 Å². The quantitative estimate of drug-likeness (QED) is 0.754. The van der Waals surface area contributed by atoms with E-state index in [1.54, 1.807) is 4.90 Å². The summed E-state index contributed by atoms with van der Waals surface area (Å²) in [7, 11) is 1.25. The number of esters is 1. The first-order valence-electron chi connectivity index (χ1n) is 5.72. The Kier molecular flexibility index (Phi) is 4.70. The molecule has 0 saturated heterocycles. The van der Waals surface area contributed by atoms with Crippen molar-refractivity contribution in [1.29, 1.82) is 0 Å². The molecule has 0 spiro atoms. The molecule has 7 nitrogen and oxygen atoms in total. The lowest BCUT2D eigenvalue weighted by molar-refractivity contribution is -0.131. The maximum atomic E-state index is 11.8. The molecule has 1 amide bonds. The molecule has 0 aliphatic carbocycles. The Balaban J connectivity index is 2.80. The number of nitrogens with zero attached hydrogens (tertiary/aromatic N) is 3. The lowest BCUT2D eigenvalue weighted by Gasteiger charge is -2.18. The number of hydrogen-bond acceptors (Lipinski definition) is 5. The molecule has 1 aromatic heterocycles. The van der Waals surface area contributed by atoms with E-state index < -0.39 is 5.97 Å². The average Bonchev–Trinajstić information content (AvgIpc) is 2.70. The highest BCUT2D eigenvalue weighted by molar-refractivity contribution is 5.92. The number of rotatable bonds is 5. The van der Waals surface area contributed by atoms with Crippen molar-refractivity contribution in [2.24, 2.45) is 0 Å². The molecule has 0 fully saturated rings. The standard InChI is InChI=1S/C11H18N4O3/c1-4-14(5-2)9(16)7-15-6-8(12)10(13-15)11(17)18-3/h6H,4-5,7,12H2,1-3H3.